The van der Waals surface area contributed by atoms with Crippen molar-refractivity contribution in [3.63, 3.8) is 0 Å². The first kappa shape index (κ1) is 28.7. The lowest BCUT2D eigenvalue weighted by atomic mass is 9.85. The molecule has 1 aliphatic carbocycles. The normalized spacial score (nSPS) is 15.2. The molecule has 0 amide bonds. The first-order valence-corrected chi connectivity index (χ1v) is 15.5. The molecule has 216 valence electrons. The number of aryl methyl sites for hydroxylation is 1. The summed E-state index contributed by atoms with van der Waals surface area (Å²) in [5.41, 5.74) is 0.417. The number of fused-ring (bicyclic) bond motifs is 3. The van der Waals surface area contributed by atoms with E-state index in [1.165, 1.54) is 12.1 Å². The third-order valence-corrected chi connectivity index (χ3v) is 9.21. The van der Waals surface area contributed by atoms with Crippen LogP contribution < -0.4 is 10.7 Å². The fraction of sp³-hybridized carbons (Fsp3) is 0.286. The Hall–Kier alpha value is -3.78. The van der Waals surface area contributed by atoms with E-state index in [9.17, 15) is 35.8 Å². The van der Waals surface area contributed by atoms with E-state index in [1.54, 1.807) is 18.2 Å². The Kier molecular flexibility index (Phi) is 6.57. The van der Waals surface area contributed by atoms with Crippen molar-refractivity contribution in [2.45, 2.75) is 61.8 Å². The summed E-state index contributed by atoms with van der Waals surface area (Å²) in [5.74, 6) is -1.89. The summed E-state index contributed by atoms with van der Waals surface area (Å²) in [4.78, 5) is 10.8. The summed E-state index contributed by atoms with van der Waals surface area (Å²) in [7, 11) is -10.1. The van der Waals surface area contributed by atoms with E-state index in [2.05, 4.69) is 5.32 Å². The maximum Gasteiger partial charge on any atom is 0.336 e. The van der Waals surface area contributed by atoms with Gasteiger partial charge in [0.05, 0.1) is 16.6 Å². The van der Waals surface area contributed by atoms with Crippen LogP contribution in [0.2, 0.25) is 0 Å². The van der Waals surface area contributed by atoms with Crippen LogP contribution in [0.5, 0.6) is 0 Å². The third-order valence-electron chi connectivity index (χ3n) is 7.38. The summed E-state index contributed by atoms with van der Waals surface area (Å²) < 4.78 is 77.3. The molecule has 41 heavy (non-hydrogen) atoms. The number of nitrogens with one attached hydrogen (secondary N) is 2. The zero-order chi connectivity index (χ0) is 30.2. The van der Waals surface area contributed by atoms with Gasteiger partial charge in [0.15, 0.2) is 21.1 Å². The van der Waals surface area contributed by atoms with Gasteiger partial charge in [-0.1, -0.05) is 19.9 Å². The van der Waals surface area contributed by atoms with Gasteiger partial charge in [-0.05, 0) is 79.6 Å². The molecule has 2 aromatic carbocycles. The highest BCUT2D eigenvalue weighted by Crippen LogP contribution is 2.49. The minimum Gasteiger partial charge on any atom is -0.478 e. The molecule has 11 nitrogen and oxygen atoms in total. The monoisotopic (exact) mass is 600 g/mol. The number of carboxylic acid groups (broad SMARTS) is 1. The molecule has 0 spiro atoms. The summed E-state index contributed by atoms with van der Waals surface area (Å²) in [6.07, 6.45) is 1.01. The van der Waals surface area contributed by atoms with Gasteiger partial charge in [-0.2, -0.15) is 16.8 Å². The van der Waals surface area contributed by atoms with Crippen molar-refractivity contribution in [1.82, 2.24) is 0 Å². The molecule has 13 heteroatoms. The Morgan fingerprint density at radius 1 is 1.00 bits per heavy atom. The van der Waals surface area contributed by atoms with Crippen LogP contribution in [0.3, 0.4) is 0 Å². The molecular formula is C28H28N2O9S2. The second-order valence-electron chi connectivity index (χ2n) is 11.1. The molecule has 2 aromatic rings. The maximum atomic E-state index is 12.9. The zero-order valence-corrected chi connectivity index (χ0v) is 24.2. The van der Waals surface area contributed by atoms with Crippen molar-refractivity contribution in [3.8, 4) is 22.5 Å². The molecule has 5 N–H and O–H groups in total. The first-order valence-electron chi connectivity index (χ1n) is 12.7. The molecule has 3 aliphatic rings. The third kappa shape index (κ3) is 4.88. The van der Waals surface area contributed by atoms with Gasteiger partial charge in [0.25, 0.3) is 20.2 Å². The Bertz CT molecular complexity index is 2030. The number of hydrogen-bond donors (Lipinski definition) is 5. The minimum atomic E-state index is -5.09. The lowest BCUT2D eigenvalue weighted by Crippen LogP contribution is -2.36. The first-order chi connectivity index (χ1) is 18.9. The molecule has 0 saturated heterocycles. The quantitative estimate of drug-likeness (QED) is 0.151. The zero-order valence-electron chi connectivity index (χ0n) is 22.6. The predicted molar refractivity (Wildman–Crippen MR) is 151 cm³/mol. The summed E-state index contributed by atoms with van der Waals surface area (Å²) in [6.45, 7) is 7.49. The highest BCUT2D eigenvalue weighted by Gasteiger charge is 2.36. The van der Waals surface area contributed by atoms with Gasteiger partial charge in [0.2, 0.25) is 0 Å². The molecule has 5 rings (SSSR count). The molecular weight excluding hydrogens is 572 g/mol. The molecule has 0 fully saturated rings. The average molecular weight is 601 g/mol. The lowest BCUT2D eigenvalue weighted by Gasteiger charge is -2.35. The van der Waals surface area contributed by atoms with Gasteiger partial charge >= 0.3 is 5.97 Å². The van der Waals surface area contributed by atoms with Crippen LogP contribution in [-0.2, 0) is 26.7 Å². The van der Waals surface area contributed by atoms with Crippen LogP contribution >= 0.6 is 0 Å². The van der Waals surface area contributed by atoms with Gasteiger partial charge in [-0.15, -0.1) is 0 Å². The summed E-state index contributed by atoms with van der Waals surface area (Å²) in [6, 6.07) is 8.79. The van der Waals surface area contributed by atoms with Crippen LogP contribution in [0.25, 0.3) is 33.4 Å². The average Bonchev–Trinajstić information content (AvgIpc) is 2.83. The number of benzene rings is 3. The van der Waals surface area contributed by atoms with E-state index in [-0.39, 0.29) is 39.2 Å². The van der Waals surface area contributed by atoms with Crippen LogP contribution in [0.4, 0.5) is 5.69 Å². The number of rotatable bonds is 5. The van der Waals surface area contributed by atoms with Crippen LogP contribution in [0.1, 0.15) is 61.5 Å². The van der Waals surface area contributed by atoms with Crippen molar-refractivity contribution >= 4 is 42.9 Å². The van der Waals surface area contributed by atoms with Crippen LogP contribution in [0.15, 0.2) is 50.6 Å². The standard InChI is InChI=1S/C28H28N2O9S2/c1-13(2)14-5-6-16(27(31)32)18(11-14)21-17-7-8-20(29)25(40(33,34)35)23(17)39-24-19(21)12-15-9-10-28(3,4)30-22(15)26(24)41(36,37)38/h5-8,11-13,29-30H,9-10H2,1-4H3,(H,31,32)(H,33,34,35)(H,36,37,38). The fourth-order valence-corrected chi connectivity index (χ4v) is 6.94. The smallest absolute Gasteiger partial charge is 0.336 e. The second kappa shape index (κ2) is 9.38. The van der Waals surface area contributed by atoms with Gasteiger partial charge < -0.3 is 14.8 Å². The molecule has 0 bridgehead atoms. The van der Waals surface area contributed by atoms with Gasteiger partial charge in [-0.25, -0.2) is 4.79 Å². The molecule has 0 unspecified atom stereocenters. The van der Waals surface area contributed by atoms with Crippen molar-refractivity contribution in [2.24, 2.45) is 0 Å². The minimum absolute atomic E-state index is 0.0230. The SMILES string of the molecule is CC(C)c1ccc(C(=O)O)c(-c2c3ccc(=N)c(S(=O)(=O)O)c-3oc3c(S(=O)(=O)O)c4c(cc23)CCC(C)(C)N4)c1. The summed E-state index contributed by atoms with van der Waals surface area (Å²) >= 11 is 0. The fourth-order valence-electron chi connectivity index (χ4n) is 5.38. The van der Waals surface area contributed by atoms with Crippen LogP contribution in [0, 0.1) is 5.41 Å². The van der Waals surface area contributed by atoms with E-state index in [4.69, 9.17) is 9.83 Å². The van der Waals surface area contributed by atoms with E-state index < -0.39 is 58.2 Å². The predicted octanol–water partition coefficient (Wildman–Crippen LogP) is 5.14. The van der Waals surface area contributed by atoms with E-state index >= 15 is 0 Å². The molecule has 0 radical (unpaired) electrons. The number of aromatic carboxylic acids is 1. The Morgan fingerprint density at radius 2 is 1.66 bits per heavy atom. The second-order valence-corrected chi connectivity index (χ2v) is 13.9. The Morgan fingerprint density at radius 3 is 2.24 bits per heavy atom. The van der Waals surface area contributed by atoms with E-state index in [0.29, 0.717) is 18.4 Å². The van der Waals surface area contributed by atoms with E-state index in [0.717, 1.165) is 11.6 Å². The number of carbonyl (C=O) groups is 1. The van der Waals surface area contributed by atoms with Crippen molar-refractivity contribution in [2.75, 3.05) is 5.32 Å². The molecule has 0 saturated carbocycles. The van der Waals surface area contributed by atoms with Gasteiger partial charge in [-0.3, -0.25) is 14.5 Å². The van der Waals surface area contributed by atoms with Gasteiger partial charge in [0.1, 0.15) is 0 Å². The van der Waals surface area contributed by atoms with Crippen LogP contribution in [-0.4, -0.2) is 42.6 Å². The summed E-state index contributed by atoms with van der Waals surface area (Å²) in [5, 5.41) is 20.9. The number of carboxylic acids is 1. The lowest BCUT2D eigenvalue weighted by molar-refractivity contribution is 0.0697. The highest BCUT2D eigenvalue weighted by atomic mass is 32.2. The molecule has 0 aromatic heterocycles. The van der Waals surface area contributed by atoms with Crippen molar-refractivity contribution in [3.05, 3.63) is 58.4 Å². The molecule has 2 heterocycles. The Balaban J connectivity index is 2.13. The number of hydrogen-bond acceptors (Lipinski definition) is 8. The largest absolute Gasteiger partial charge is 0.478 e. The molecule has 0 atom stereocenters. The van der Waals surface area contributed by atoms with E-state index in [1.807, 2.05) is 27.7 Å². The van der Waals surface area contributed by atoms with Crippen molar-refractivity contribution < 1.29 is 40.3 Å². The highest BCUT2D eigenvalue weighted by molar-refractivity contribution is 7.86. The van der Waals surface area contributed by atoms with Gasteiger partial charge in [0, 0.05) is 22.1 Å². The Labute approximate surface area is 236 Å². The topological polar surface area (TPSA) is 195 Å². The van der Waals surface area contributed by atoms with Crippen molar-refractivity contribution in [1.29, 1.82) is 5.41 Å². The maximum absolute atomic E-state index is 12.9. The number of anilines is 1. The molecule has 2 aliphatic heterocycles.